The molecule has 9 nitrogen and oxygen atoms in total. The van der Waals surface area contributed by atoms with E-state index < -0.39 is 0 Å². The van der Waals surface area contributed by atoms with Crippen molar-refractivity contribution in [3.05, 3.63) is 101 Å². The standard InChI is InChI=1S/C33H32ClN5O4/c34-27-10-5-4-9-26(27)28-12-14-31(36-35-28)37-16-6-17-38(20-19-37)32(40)22-39(18-15-24-7-2-1-3-8-24)33(41)25-11-13-29-30(21-25)43-23-42-29/h1-5,7-14,21H,6,15-20,22-23H2. The van der Waals surface area contributed by atoms with Crippen LogP contribution in [0.3, 0.4) is 0 Å². The number of carbonyl (C=O) groups is 2. The first-order chi connectivity index (χ1) is 21.0. The van der Waals surface area contributed by atoms with Gasteiger partial charge in [0.15, 0.2) is 17.3 Å². The zero-order valence-corrected chi connectivity index (χ0v) is 24.4. The molecule has 0 spiro atoms. The summed E-state index contributed by atoms with van der Waals surface area (Å²) in [5.41, 5.74) is 3.11. The second kappa shape index (κ2) is 13.1. The third-order valence-corrected chi connectivity index (χ3v) is 8.05. The number of rotatable bonds is 8. The quantitative estimate of drug-likeness (QED) is 0.284. The van der Waals surface area contributed by atoms with E-state index in [9.17, 15) is 9.59 Å². The van der Waals surface area contributed by atoms with Crippen molar-refractivity contribution in [2.75, 3.05) is 51.0 Å². The van der Waals surface area contributed by atoms with Crippen LogP contribution in [0.25, 0.3) is 11.3 Å². The Balaban J connectivity index is 1.12. The van der Waals surface area contributed by atoms with E-state index in [1.54, 1.807) is 23.1 Å². The third-order valence-electron chi connectivity index (χ3n) is 7.72. The van der Waals surface area contributed by atoms with Gasteiger partial charge in [-0.05, 0) is 54.8 Å². The van der Waals surface area contributed by atoms with E-state index in [0.29, 0.717) is 60.4 Å². The molecule has 0 radical (unpaired) electrons. The summed E-state index contributed by atoms with van der Waals surface area (Å²) in [5.74, 6) is 1.61. The number of hydrogen-bond acceptors (Lipinski definition) is 7. The molecule has 0 aliphatic carbocycles. The number of hydrogen-bond donors (Lipinski definition) is 0. The number of nitrogens with zero attached hydrogens (tertiary/aromatic N) is 5. The zero-order chi connectivity index (χ0) is 29.6. The minimum Gasteiger partial charge on any atom is -0.454 e. The van der Waals surface area contributed by atoms with Gasteiger partial charge in [0.2, 0.25) is 12.7 Å². The van der Waals surface area contributed by atoms with Gasteiger partial charge >= 0.3 is 0 Å². The van der Waals surface area contributed by atoms with Crippen LogP contribution in [0.5, 0.6) is 11.5 Å². The number of fused-ring (bicyclic) bond motifs is 1. The maximum atomic E-state index is 13.7. The molecule has 4 aromatic rings. The van der Waals surface area contributed by atoms with Crippen molar-refractivity contribution in [1.29, 1.82) is 0 Å². The van der Waals surface area contributed by atoms with Crippen LogP contribution < -0.4 is 14.4 Å². The average Bonchev–Trinajstić information content (AvgIpc) is 3.38. The Morgan fingerprint density at radius 3 is 2.47 bits per heavy atom. The van der Waals surface area contributed by atoms with Crippen LogP contribution >= 0.6 is 11.6 Å². The van der Waals surface area contributed by atoms with Gasteiger partial charge in [-0.15, -0.1) is 10.2 Å². The number of benzene rings is 3. The number of amides is 2. The fourth-order valence-electron chi connectivity index (χ4n) is 5.34. The van der Waals surface area contributed by atoms with Gasteiger partial charge in [0.1, 0.15) is 6.54 Å². The molecule has 0 bridgehead atoms. The molecule has 1 saturated heterocycles. The zero-order valence-electron chi connectivity index (χ0n) is 23.7. The normalized spacial score (nSPS) is 14.3. The van der Waals surface area contributed by atoms with Gasteiger partial charge in [0.25, 0.3) is 5.91 Å². The van der Waals surface area contributed by atoms with Gasteiger partial charge in [-0.1, -0.05) is 60.1 Å². The highest BCUT2D eigenvalue weighted by Crippen LogP contribution is 2.33. The van der Waals surface area contributed by atoms with E-state index >= 15 is 0 Å². The van der Waals surface area contributed by atoms with E-state index in [-0.39, 0.29) is 25.2 Å². The van der Waals surface area contributed by atoms with E-state index in [0.717, 1.165) is 29.9 Å². The molecular weight excluding hydrogens is 566 g/mol. The number of ether oxygens (including phenoxy) is 2. The van der Waals surface area contributed by atoms with Crippen LogP contribution in [0.2, 0.25) is 5.02 Å². The van der Waals surface area contributed by atoms with E-state index in [2.05, 4.69) is 15.1 Å². The molecule has 1 fully saturated rings. The molecule has 0 N–H and O–H groups in total. The van der Waals surface area contributed by atoms with Crippen molar-refractivity contribution in [2.45, 2.75) is 12.8 Å². The molecular formula is C33H32ClN5O4. The first-order valence-electron chi connectivity index (χ1n) is 14.4. The van der Waals surface area contributed by atoms with Crippen molar-refractivity contribution in [3.8, 4) is 22.8 Å². The van der Waals surface area contributed by atoms with Crippen LogP contribution in [0.1, 0.15) is 22.3 Å². The average molecular weight is 598 g/mol. The lowest BCUT2D eigenvalue weighted by Gasteiger charge is -2.27. The Morgan fingerprint density at radius 2 is 1.65 bits per heavy atom. The van der Waals surface area contributed by atoms with E-state index in [1.807, 2.05) is 71.6 Å². The SMILES string of the molecule is O=C(CN(CCc1ccccc1)C(=O)c1ccc2c(c1)OCO2)N1CCCN(c2ccc(-c3ccccc3Cl)nn2)CC1. The molecule has 0 atom stereocenters. The van der Waals surface area contributed by atoms with Crippen molar-refractivity contribution in [1.82, 2.24) is 20.0 Å². The summed E-state index contributed by atoms with van der Waals surface area (Å²) in [6, 6.07) is 26.5. The van der Waals surface area contributed by atoms with Crippen LogP contribution in [0.4, 0.5) is 5.82 Å². The van der Waals surface area contributed by atoms with Crippen LogP contribution in [-0.4, -0.2) is 77.9 Å². The summed E-state index contributed by atoms with van der Waals surface area (Å²) >= 11 is 6.33. The van der Waals surface area contributed by atoms with Crippen molar-refractivity contribution in [2.24, 2.45) is 0 Å². The summed E-state index contributed by atoms with van der Waals surface area (Å²) in [7, 11) is 0. The molecule has 1 aromatic heterocycles. The highest BCUT2D eigenvalue weighted by molar-refractivity contribution is 6.33. The van der Waals surface area contributed by atoms with E-state index in [4.69, 9.17) is 21.1 Å². The molecule has 2 amide bonds. The summed E-state index contributed by atoms with van der Waals surface area (Å²) in [4.78, 5) is 32.9. The fraction of sp³-hybridized carbons (Fsp3) is 0.273. The number of aromatic nitrogens is 2. The number of carbonyl (C=O) groups excluding carboxylic acids is 2. The lowest BCUT2D eigenvalue weighted by molar-refractivity contribution is -0.131. The minimum atomic E-state index is -0.215. The maximum absolute atomic E-state index is 13.7. The summed E-state index contributed by atoms with van der Waals surface area (Å²) in [6.45, 7) is 3.03. The van der Waals surface area contributed by atoms with Gasteiger partial charge in [0.05, 0.1) is 10.7 Å². The molecule has 0 saturated carbocycles. The molecule has 6 rings (SSSR count). The molecule has 2 aliphatic rings. The van der Waals surface area contributed by atoms with Crippen molar-refractivity contribution >= 4 is 29.2 Å². The van der Waals surface area contributed by atoms with Crippen molar-refractivity contribution < 1.29 is 19.1 Å². The largest absolute Gasteiger partial charge is 0.454 e. The van der Waals surface area contributed by atoms with Crippen LogP contribution in [-0.2, 0) is 11.2 Å². The highest BCUT2D eigenvalue weighted by Gasteiger charge is 2.26. The Hall–Kier alpha value is -4.63. The van der Waals surface area contributed by atoms with Crippen LogP contribution in [0, 0.1) is 0 Å². The minimum absolute atomic E-state index is 0.00749. The second-order valence-corrected chi connectivity index (χ2v) is 10.9. The Bertz CT molecular complexity index is 1580. The first kappa shape index (κ1) is 28.5. The molecule has 220 valence electrons. The maximum Gasteiger partial charge on any atom is 0.254 e. The Morgan fingerprint density at radius 1 is 0.837 bits per heavy atom. The number of anilines is 1. The van der Waals surface area contributed by atoms with Gasteiger partial charge in [-0.25, -0.2) is 0 Å². The van der Waals surface area contributed by atoms with Gasteiger partial charge in [0, 0.05) is 43.9 Å². The molecule has 3 aromatic carbocycles. The van der Waals surface area contributed by atoms with Gasteiger partial charge in [-0.3, -0.25) is 9.59 Å². The lowest BCUT2D eigenvalue weighted by atomic mass is 10.1. The monoisotopic (exact) mass is 597 g/mol. The highest BCUT2D eigenvalue weighted by atomic mass is 35.5. The Kier molecular flexibility index (Phi) is 8.70. The lowest BCUT2D eigenvalue weighted by Crippen LogP contribution is -2.45. The smallest absolute Gasteiger partial charge is 0.254 e. The topological polar surface area (TPSA) is 88.1 Å². The molecule has 2 aliphatic heterocycles. The predicted molar refractivity (Wildman–Crippen MR) is 165 cm³/mol. The number of halogens is 1. The van der Waals surface area contributed by atoms with E-state index in [1.165, 1.54) is 0 Å². The second-order valence-electron chi connectivity index (χ2n) is 10.5. The third kappa shape index (κ3) is 6.73. The van der Waals surface area contributed by atoms with Gasteiger partial charge < -0.3 is 24.2 Å². The molecule has 10 heteroatoms. The molecule has 43 heavy (non-hydrogen) atoms. The molecule has 0 unspecified atom stereocenters. The fourth-order valence-corrected chi connectivity index (χ4v) is 5.57. The summed E-state index contributed by atoms with van der Waals surface area (Å²) in [6.07, 6.45) is 1.42. The van der Waals surface area contributed by atoms with Crippen LogP contribution in [0.15, 0.2) is 84.9 Å². The summed E-state index contributed by atoms with van der Waals surface area (Å²) < 4.78 is 10.9. The van der Waals surface area contributed by atoms with Crippen molar-refractivity contribution in [3.63, 3.8) is 0 Å². The van der Waals surface area contributed by atoms with Gasteiger partial charge in [-0.2, -0.15) is 0 Å². The molecule has 3 heterocycles. The Labute approximate surface area is 255 Å². The first-order valence-corrected chi connectivity index (χ1v) is 14.8. The predicted octanol–water partition coefficient (Wildman–Crippen LogP) is 4.95. The summed E-state index contributed by atoms with van der Waals surface area (Å²) in [5, 5.41) is 9.49.